The normalized spacial score (nSPS) is 36.1. The second-order valence-corrected chi connectivity index (χ2v) is 14.0. The first-order valence-corrected chi connectivity index (χ1v) is 16.0. The molecular formula is C37H41NO3. The number of methoxy groups -OCH3 is 1. The zero-order chi connectivity index (χ0) is 27.2. The Morgan fingerprint density at radius 3 is 2.51 bits per heavy atom. The molecule has 3 aromatic rings. The number of hydrogen-bond acceptors (Lipinski definition) is 4. The molecule has 3 aromatic carbocycles. The summed E-state index contributed by atoms with van der Waals surface area (Å²) in [6.07, 6.45) is 8.95. The first-order valence-electron chi connectivity index (χ1n) is 16.0. The summed E-state index contributed by atoms with van der Waals surface area (Å²) in [5.41, 5.74) is 5.91. The predicted octanol–water partition coefficient (Wildman–Crippen LogP) is 6.69. The number of fused-ring (bicyclic) bond motifs is 2. The number of piperidine rings is 1. The highest BCUT2D eigenvalue weighted by molar-refractivity contribution is 5.64. The minimum atomic E-state index is -0.0818. The number of benzene rings is 3. The second kappa shape index (κ2) is 8.84. The Morgan fingerprint density at radius 2 is 1.73 bits per heavy atom. The van der Waals surface area contributed by atoms with Crippen LogP contribution in [0, 0.1) is 17.3 Å². The second-order valence-electron chi connectivity index (χ2n) is 14.0. The maximum atomic E-state index is 7.41. The van der Waals surface area contributed by atoms with Crippen LogP contribution >= 0.6 is 0 Å². The van der Waals surface area contributed by atoms with Gasteiger partial charge in [0.15, 0.2) is 11.5 Å². The van der Waals surface area contributed by atoms with Gasteiger partial charge in [-0.25, -0.2) is 0 Å². The molecule has 7 aliphatic rings. The molecular weight excluding hydrogens is 506 g/mol. The minimum absolute atomic E-state index is 0.0409. The molecule has 4 saturated carbocycles. The summed E-state index contributed by atoms with van der Waals surface area (Å²) in [6.45, 7) is 3.92. The van der Waals surface area contributed by atoms with Crippen LogP contribution in [0.25, 0.3) is 0 Å². The maximum Gasteiger partial charge on any atom is 0.165 e. The zero-order valence-corrected chi connectivity index (χ0v) is 24.2. The van der Waals surface area contributed by atoms with E-state index in [9.17, 15) is 0 Å². The van der Waals surface area contributed by atoms with Crippen molar-refractivity contribution in [3.63, 3.8) is 0 Å². The number of likely N-dealkylation sites (tertiary alicyclic amines) is 1. The molecule has 0 N–H and O–H groups in total. The van der Waals surface area contributed by atoms with Gasteiger partial charge in [0, 0.05) is 34.4 Å². The molecule has 212 valence electrons. The lowest BCUT2D eigenvalue weighted by Gasteiger charge is -2.74. The van der Waals surface area contributed by atoms with E-state index in [0.29, 0.717) is 18.6 Å². The highest BCUT2D eigenvalue weighted by Gasteiger charge is 2.80. The summed E-state index contributed by atoms with van der Waals surface area (Å²) in [4.78, 5) is 2.94. The Morgan fingerprint density at radius 1 is 0.927 bits per heavy atom. The van der Waals surface area contributed by atoms with Gasteiger partial charge in [0.2, 0.25) is 0 Å². The Kier molecular flexibility index (Phi) is 5.34. The molecule has 0 amide bonds. The molecule has 5 fully saturated rings. The van der Waals surface area contributed by atoms with E-state index in [0.717, 1.165) is 30.4 Å². The van der Waals surface area contributed by atoms with Gasteiger partial charge in [0.1, 0.15) is 6.10 Å². The van der Waals surface area contributed by atoms with Crippen molar-refractivity contribution < 1.29 is 14.2 Å². The lowest BCUT2D eigenvalue weighted by Crippen LogP contribution is -2.80. The molecule has 0 radical (unpaired) electrons. The van der Waals surface area contributed by atoms with Crippen molar-refractivity contribution in [1.82, 2.24) is 4.90 Å². The number of rotatable bonds is 8. The number of hydrogen-bond donors (Lipinski definition) is 0. The van der Waals surface area contributed by atoms with Gasteiger partial charge < -0.3 is 14.2 Å². The summed E-state index contributed by atoms with van der Waals surface area (Å²) < 4.78 is 20.1. The largest absolute Gasteiger partial charge is 0.493 e. The Hall–Kier alpha value is -2.82. The van der Waals surface area contributed by atoms with E-state index in [4.69, 9.17) is 14.2 Å². The molecule has 2 unspecified atom stereocenters. The van der Waals surface area contributed by atoms with Crippen molar-refractivity contribution in [3.8, 4) is 11.5 Å². The quantitative estimate of drug-likeness (QED) is 0.314. The van der Waals surface area contributed by atoms with E-state index in [1.54, 1.807) is 0 Å². The van der Waals surface area contributed by atoms with Crippen molar-refractivity contribution in [3.05, 3.63) is 95.1 Å². The van der Waals surface area contributed by atoms with Crippen LogP contribution < -0.4 is 9.47 Å². The van der Waals surface area contributed by atoms with Crippen molar-refractivity contribution >= 4 is 0 Å². The van der Waals surface area contributed by atoms with Gasteiger partial charge in [-0.3, -0.25) is 4.90 Å². The fourth-order valence-corrected chi connectivity index (χ4v) is 10.7. The van der Waals surface area contributed by atoms with E-state index in [1.165, 1.54) is 73.9 Å². The minimum Gasteiger partial charge on any atom is -0.493 e. The lowest BCUT2D eigenvalue weighted by molar-refractivity contribution is -0.220. The molecule has 5 aliphatic carbocycles. The molecule has 4 nitrogen and oxygen atoms in total. The van der Waals surface area contributed by atoms with Crippen molar-refractivity contribution in [1.29, 1.82) is 0 Å². The highest BCUT2D eigenvalue weighted by Crippen LogP contribution is 2.78. The summed E-state index contributed by atoms with van der Waals surface area (Å²) in [5.74, 6) is 3.29. The zero-order valence-electron chi connectivity index (χ0n) is 24.2. The standard InChI is InChI=1S/C37H41NO3/c1-39-30-15-14-27-20-31-35-16-17-36(28-10-6-3-7-11-28,29(21-35)24-40-23-26-8-4-2-5-9-26)34-37(35,32(27)33(30)41-34)18-19-38(31)22-25-12-13-25/h2-11,14-15,25,29,31,34H,12-13,16-24H2,1H3/t29-,31?,34-,35+,36+,37?/m0/s1. The van der Waals surface area contributed by atoms with Gasteiger partial charge in [0.25, 0.3) is 0 Å². The maximum absolute atomic E-state index is 7.41. The van der Waals surface area contributed by atoms with E-state index < -0.39 is 0 Å². The average Bonchev–Trinajstić information content (AvgIpc) is 3.76. The van der Waals surface area contributed by atoms with Crippen LogP contribution in [0.15, 0.2) is 72.8 Å². The predicted molar refractivity (Wildman–Crippen MR) is 159 cm³/mol. The highest BCUT2D eigenvalue weighted by atomic mass is 16.5. The number of nitrogens with zero attached hydrogens (tertiary/aromatic N) is 1. The molecule has 4 bridgehead atoms. The fourth-order valence-electron chi connectivity index (χ4n) is 10.7. The van der Waals surface area contributed by atoms with Crippen LogP contribution in [-0.4, -0.2) is 43.9 Å². The lowest BCUT2D eigenvalue weighted by atomic mass is 9.32. The van der Waals surface area contributed by atoms with Crippen LogP contribution in [0.5, 0.6) is 11.5 Å². The van der Waals surface area contributed by atoms with Gasteiger partial charge >= 0.3 is 0 Å². The van der Waals surface area contributed by atoms with Gasteiger partial charge in [-0.05, 0) is 86.1 Å². The molecule has 41 heavy (non-hydrogen) atoms. The SMILES string of the molecule is COc1ccc2c3c1O[C@@H]1C34CCN(CC3CC3)C(C2)[C@]42CC[C@@]1(c1ccccc1)[C@H](COCc1ccccc1)C2. The Balaban J connectivity index is 1.20. The molecule has 10 rings (SSSR count). The van der Waals surface area contributed by atoms with Crippen LogP contribution in [0.4, 0.5) is 0 Å². The van der Waals surface area contributed by atoms with Gasteiger partial charge in [-0.15, -0.1) is 0 Å². The monoisotopic (exact) mass is 547 g/mol. The van der Waals surface area contributed by atoms with Gasteiger partial charge in [0.05, 0.1) is 20.3 Å². The Bertz CT molecular complexity index is 1470. The van der Waals surface area contributed by atoms with Crippen molar-refractivity contribution in [2.45, 2.75) is 74.5 Å². The van der Waals surface area contributed by atoms with E-state index in [-0.39, 0.29) is 22.3 Å². The third-order valence-electron chi connectivity index (χ3n) is 12.5. The Labute approximate surface area is 244 Å². The summed E-state index contributed by atoms with van der Waals surface area (Å²) in [7, 11) is 1.81. The molecule has 4 heteroatoms. The van der Waals surface area contributed by atoms with Crippen LogP contribution in [0.1, 0.15) is 60.8 Å². The molecule has 2 heterocycles. The third-order valence-corrected chi connectivity index (χ3v) is 12.5. The topological polar surface area (TPSA) is 30.9 Å². The van der Waals surface area contributed by atoms with E-state index in [2.05, 4.69) is 77.7 Å². The first-order chi connectivity index (χ1) is 20.2. The van der Waals surface area contributed by atoms with Crippen molar-refractivity contribution in [2.75, 3.05) is 26.8 Å². The molecule has 2 spiro atoms. The summed E-state index contributed by atoms with van der Waals surface area (Å²) in [6, 6.07) is 27.2. The first kappa shape index (κ1) is 24.7. The van der Waals surface area contributed by atoms with Crippen LogP contribution in [-0.2, 0) is 28.6 Å². The van der Waals surface area contributed by atoms with Crippen LogP contribution in [0.3, 0.4) is 0 Å². The molecule has 6 atom stereocenters. The molecule has 1 saturated heterocycles. The van der Waals surface area contributed by atoms with Gasteiger partial charge in [-0.2, -0.15) is 0 Å². The fraction of sp³-hybridized carbons (Fsp3) is 0.514. The molecule has 0 aromatic heterocycles. The summed E-state index contributed by atoms with van der Waals surface area (Å²) in [5, 5.41) is 0. The third kappa shape index (κ3) is 3.19. The summed E-state index contributed by atoms with van der Waals surface area (Å²) >= 11 is 0. The average molecular weight is 548 g/mol. The van der Waals surface area contributed by atoms with Crippen LogP contribution in [0.2, 0.25) is 0 Å². The van der Waals surface area contributed by atoms with E-state index >= 15 is 0 Å². The molecule has 2 aliphatic heterocycles. The van der Waals surface area contributed by atoms with E-state index in [1.807, 2.05) is 7.11 Å². The van der Waals surface area contributed by atoms with Gasteiger partial charge in [-0.1, -0.05) is 66.7 Å². The van der Waals surface area contributed by atoms with Crippen molar-refractivity contribution in [2.24, 2.45) is 17.3 Å². The smallest absolute Gasteiger partial charge is 0.165 e. The number of ether oxygens (including phenoxy) is 3.